The fourth-order valence-electron chi connectivity index (χ4n) is 2.70. The summed E-state index contributed by atoms with van der Waals surface area (Å²) in [6.07, 6.45) is 0. The highest BCUT2D eigenvalue weighted by Crippen LogP contribution is 2.24. The van der Waals surface area contributed by atoms with Crippen LogP contribution in [0.3, 0.4) is 0 Å². The highest BCUT2D eigenvalue weighted by molar-refractivity contribution is 7.92. The zero-order valence-corrected chi connectivity index (χ0v) is 16.0. The minimum Gasteiger partial charge on any atom is -0.325 e. The molecule has 0 saturated heterocycles. The van der Waals surface area contributed by atoms with Gasteiger partial charge in [0.2, 0.25) is 5.91 Å². The summed E-state index contributed by atoms with van der Waals surface area (Å²) >= 11 is 0. The summed E-state index contributed by atoms with van der Waals surface area (Å²) in [5.41, 5.74) is 1.73. The van der Waals surface area contributed by atoms with Gasteiger partial charge in [-0.2, -0.15) is 0 Å². The average Bonchev–Trinajstić information content (AvgIpc) is 2.67. The second-order valence-corrected chi connectivity index (χ2v) is 8.08. The van der Waals surface area contributed by atoms with Gasteiger partial charge in [-0.3, -0.25) is 9.10 Å². The van der Waals surface area contributed by atoms with Crippen molar-refractivity contribution in [3.63, 3.8) is 0 Å². The van der Waals surface area contributed by atoms with Crippen LogP contribution in [-0.4, -0.2) is 20.9 Å². The van der Waals surface area contributed by atoms with Crippen LogP contribution in [0.1, 0.15) is 5.56 Å². The summed E-state index contributed by atoms with van der Waals surface area (Å²) in [6.45, 7) is 1.44. The first-order valence-electron chi connectivity index (χ1n) is 8.56. The van der Waals surface area contributed by atoms with Gasteiger partial charge in [0.15, 0.2) is 0 Å². The Morgan fingerprint density at radius 3 is 2.29 bits per heavy atom. The molecule has 7 heteroatoms. The topological polar surface area (TPSA) is 66.5 Å². The summed E-state index contributed by atoms with van der Waals surface area (Å²) in [7, 11) is -4.01. The molecule has 3 aromatic rings. The molecule has 0 saturated carbocycles. The molecule has 3 rings (SSSR count). The maximum atomic E-state index is 13.3. The Bertz CT molecular complexity index is 1070. The SMILES string of the molecule is Cc1cccc(NC(=O)CN(c2ccc(F)cc2)S(=O)(=O)c2ccccc2)c1. The molecule has 0 aromatic heterocycles. The third kappa shape index (κ3) is 4.55. The Kier molecular flexibility index (Phi) is 5.75. The first kappa shape index (κ1) is 19.6. The monoisotopic (exact) mass is 398 g/mol. The van der Waals surface area contributed by atoms with Crippen molar-refractivity contribution in [1.82, 2.24) is 0 Å². The first-order chi connectivity index (χ1) is 13.4. The minimum absolute atomic E-state index is 0.0441. The summed E-state index contributed by atoms with van der Waals surface area (Å²) in [4.78, 5) is 12.6. The molecule has 1 N–H and O–H groups in total. The van der Waals surface area contributed by atoms with Crippen LogP contribution in [0, 0.1) is 12.7 Å². The van der Waals surface area contributed by atoms with Gasteiger partial charge in [0.1, 0.15) is 12.4 Å². The Balaban J connectivity index is 1.92. The lowest BCUT2D eigenvalue weighted by Crippen LogP contribution is -2.38. The van der Waals surface area contributed by atoms with Crippen LogP contribution in [0.5, 0.6) is 0 Å². The molecule has 144 valence electrons. The van der Waals surface area contributed by atoms with Crippen molar-refractivity contribution < 1.29 is 17.6 Å². The van der Waals surface area contributed by atoms with Crippen molar-refractivity contribution in [3.8, 4) is 0 Å². The molecule has 1 amide bonds. The molecule has 0 radical (unpaired) electrons. The number of carbonyl (C=O) groups is 1. The molecule has 0 atom stereocenters. The number of aryl methyl sites for hydroxylation is 1. The lowest BCUT2D eigenvalue weighted by Gasteiger charge is -2.24. The van der Waals surface area contributed by atoms with Crippen molar-refractivity contribution >= 4 is 27.3 Å². The molecule has 0 aliphatic rings. The maximum absolute atomic E-state index is 13.3. The van der Waals surface area contributed by atoms with E-state index in [0.717, 1.165) is 22.0 Å². The summed E-state index contributed by atoms with van der Waals surface area (Å²) in [5.74, 6) is -1.00. The van der Waals surface area contributed by atoms with Gasteiger partial charge in [0, 0.05) is 5.69 Å². The normalized spacial score (nSPS) is 11.1. The largest absolute Gasteiger partial charge is 0.325 e. The predicted molar refractivity (Wildman–Crippen MR) is 107 cm³/mol. The van der Waals surface area contributed by atoms with Gasteiger partial charge in [-0.25, -0.2) is 12.8 Å². The van der Waals surface area contributed by atoms with Crippen LogP contribution in [0.15, 0.2) is 83.8 Å². The van der Waals surface area contributed by atoms with Gasteiger partial charge in [-0.1, -0.05) is 30.3 Å². The Labute approximate surface area is 163 Å². The molecular weight excluding hydrogens is 379 g/mol. The number of nitrogens with one attached hydrogen (secondary N) is 1. The lowest BCUT2D eigenvalue weighted by molar-refractivity contribution is -0.114. The highest BCUT2D eigenvalue weighted by Gasteiger charge is 2.27. The fraction of sp³-hybridized carbons (Fsp3) is 0.0952. The van der Waals surface area contributed by atoms with Crippen molar-refractivity contribution in [2.45, 2.75) is 11.8 Å². The van der Waals surface area contributed by atoms with E-state index in [4.69, 9.17) is 0 Å². The van der Waals surface area contributed by atoms with Crippen LogP contribution in [0.4, 0.5) is 15.8 Å². The number of halogens is 1. The zero-order valence-electron chi connectivity index (χ0n) is 15.2. The van der Waals surface area contributed by atoms with E-state index in [2.05, 4.69) is 5.32 Å². The van der Waals surface area contributed by atoms with Crippen molar-refractivity contribution in [3.05, 3.63) is 90.2 Å². The molecule has 0 aliphatic heterocycles. The molecule has 0 heterocycles. The standard InChI is InChI=1S/C21H19FN2O3S/c1-16-6-5-7-18(14-16)23-21(25)15-24(19-12-10-17(22)11-13-19)28(26,27)20-8-3-2-4-9-20/h2-14H,15H2,1H3,(H,23,25). The van der Waals surface area contributed by atoms with Gasteiger partial charge < -0.3 is 5.32 Å². The van der Waals surface area contributed by atoms with Crippen LogP contribution >= 0.6 is 0 Å². The number of rotatable bonds is 6. The number of hydrogen-bond donors (Lipinski definition) is 1. The molecule has 0 spiro atoms. The Morgan fingerprint density at radius 2 is 1.64 bits per heavy atom. The number of benzene rings is 3. The van der Waals surface area contributed by atoms with E-state index < -0.39 is 28.3 Å². The molecule has 0 fully saturated rings. The van der Waals surface area contributed by atoms with E-state index in [-0.39, 0.29) is 10.6 Å². The van der Waals surface area contributed by atoms with Crippen LogP contribution < -0.4 is 9.62 Å². The molecule has 0 unspecified atom stereocenters. The van der Waals surface area contributed by atoms with E-state index in [1.807, 2.05) is 13.0 Å². The second-order valence-electron chi connectivity index (χ2n) is 6.22. The molecule has 0 bridgehead atoms. The smallest absolute Gasteiger partial charge is 0.264 e. The average molecular weight is 398 g/mol. The van der Waals surface area contributed by atoms with Gasteiger partial charge in [-0.15, -0.1) is 0 Å². The maximum Gasteiger partial charge on any atom is 0.264 e. The van der Waals surface area contributed by atoms with Crippen LogP contribution in [0.25, 0.3) is 0 Å². The quantitative estimate of drug-likeness (QED) is 0.683. The summed E-state index contributed by atoms with van der Waals surface area (Å²) < 4.78 is 40.5. The molecule has 28 heavy (non-hydrogen) atoms. The first-order valence-corrected chi connectivity index (χ1v) is 10.0. The second kappa shape index (κ2) is 8.22. The number of amides is 1. The lowest BCUT2D eigenvalue weighted by atomic mass is 10.2. The number of carbonyl (C=O) groups excluding carboxylic acids is 1. The van der Waals surface area contributed by atoms with Crippen molar-refractivity contribution in [2.75, 3.05) is 16.2 Å². The highest BCUT2D eigenvalue weighted by atomic mass is 32.2. The number of anilines is 2. The third-order valence-electron chi connectivity index (χ3n) is 4.03. The van der Waals surface area contributed by atoms with Crippen LogP contribution in [-0.2, 0) is 14.8 Å². The van der Waals surface area contributed by atoms with E-state index in [9.17, 15) is 17.6 Å². The van der Waals surface area contributed by atoms with Crippen LogP contribution in [0.2, 0.25) is 0 Å². The predicted octanol–water partition coefficient (Wildman–Crippen LogP) is 3.97. The molecule has 0 aliphatic carbocycles. The van der Waals surface area contributed by atoms with Gasteiger partial charge in [0.25, 0.3) is 10.0 Å². The van der Waals surface area contributed by atoms with Gasteiger partial charge in [-0.05, 0) is 61.0 Å². The zero-order chi connectivity index (χ0) is 20.1. The van der Waals surface area contributed by atoms with E-state index >= 15 is 0 Å². The number of sulfonamides is 1. The summed E-state index contributed by atoms with van der Waals surface area (Å²) in [5, 5.41) is 2.70. The Morgan fingerprint density at radius 1 is 0.964 bits per heavy atom. The van der Waals surface area contributed by atoms with E-state index in [0.29, 0.717) is 5.69 Å². The summed E-state index contributed by atoms with van der Waals surface area (Å²) in [6, 6.07) is 20.0. The van der Waals surface area contributed by atoms with Crippen molar-refractivity contribution in [1.29, 1.82) is 0 Å². The third-order valence-corrected chi connectivity index (χ3v) is 5.82. The number of nitrogens with zero attached hydrogens (tertiary/aromatic N) is 1. The Hall–Kier alpha value is -3.19. The molecule has 5 nitrogen and oxygen atoms in total. The fourth-order valence-corrected chi connectivity index (χ4v) is 4.14. The van der Waals surface area contributed by atoms with E-state index in [1.54, 1.807) is 36.4 Å². The molecular formula is C21H19FN2O3S. The van der Waals surface area contributed by atoms with E-state index in [1.165, 1.54) is 24.3 Å². The van der Waals surface area contributed by atoms with Gasteiger partial charge in [0.05, 0.1) is 10.6 Å². The minimum atomic E-state index is -4.01. The van der Waals surface area contributed by atoms with Crippen molar-refractivity contribution in [2.24, 2.45) is 0 Å². The molecule has 3 aromatic carbocycles. The number of hydrogen-bond acceptors (Lipinski definition) is 3. The van der Waals surface area contributed by atoms with Gasteiger partial charge >= 0.3 is 0 Å².